The number of rotatable bonds is 3. The number of nitrogens with zero attached hydrogens (tertiary/aromatic N) is 1. The van der Waals surface area contributed by atoms with E-state index in [-0.39, 0.29) is 11.2 Å². The zero-order chi connectivity index (χ0) is 16.4. The fraction of sp³-hybridized carbons (Fsp3) is 0.250. The van der Waals surface area contributed by atoms with E-state index < -0.39 is 0 Å². The van der Waals surface area contributed by atoms with Gasteiger partial charge in [-0.25, -0.2) is 9.37 Å². The molecule has 1 aliphatic rings. The molecule has 2 N–H and O–H groups in total. The molecular formula is C20H20FN3. The first-order valence-corrected chi connectivity index (χ1v) is 8.36. The van der Waals surface area contributed by atoms with Crippen molar-refractivity contribution >= 4 is 0 Å². The molecule has 4 heteroatoms. The number of imidazole rings is 1. The van der Waals surface area contributed by atoms with Gasteiger partial charge in [-0.3, -0.25) is 0 Å². The van der Waals surface area contributed by atoms with Gasteiger partial charge in [-0.05, 0) is 43.6 Å². The third-order valence-electron chi connectivity index (χ3n) is 5.00. The van der Waals surface area contributed by atoms with Crippen LogP contribution in [0.25, 0.3) is 11.4 Å². The molecule has 4 rings (SSSR count). The van der Waals surface area contributed by atoms with E-state index in [2.05, 4.69) is 39.6 Å². The highest BCUT2D eigenvalue weighted by molar-refractivity contribution is 5.56. The van der Waals surface area contributed by atoms with E-state index in [4.69, 9.17) is 0 Å². The van der Waals surface area contributed by atoms with Crippen LogP contribution in [0.2, 0.25) is 0 Å². The molecule has 1 aliphatic heterocycles. The largest absolute Gasteiger partial charge is 0.341 e. The zero-order valence-corrected chi connectivity index (χ0v) is 13.4. The standard InChI is InChI=1S/C20H20FN3/c21-17-9-5-4-8-16(17)19-23-14-18(24-19)20(10-12-22-13-11-20)15-6-2-1-3-7-15/h1-9,14,22H,10-13H2,(H,23,24). The van der Waals surface area contributed by atoms with Crippen molar-refractivity contribution in [3.8, 4) is 11.4 Å². The summed E-state index contributed by atoms with van der Waals surface area (Å²) >= 11 is 0. The maximum atomic E-state index is 14.1. The average Bonchev–Trinajstić information content (AvgIpc) is 3.14. The number of benzene rings is 2. The van der Waals surface area contributed by atoms with Crippen molar-refractivity contribution in [1.82, 2.24) is 15.3 Å². The van der Waals surface area contributed by atoms with E-state index in [1.807, 2.05) is 18.3 Å². The molecule has 1 fully saturated rings. The summed E-state index contributed by atoms with van der Waals surface area (Å²) in [6.07, 6.45) is 3.87. The van der Waals surface area contributed by atoms with Crippen molar-refractivity contribution in [3.05, 3.63) is 77.9 Å². The van der Waals surface area contributed by atoms with Gasteiger partial charge in [0.15, 0.2) is 0 Å². The maximum absolute atomic E-state index is 14.1. The Labute approximate surface area is 141 Å². The molecule has 122 valence electrons. The molecule has 2 aromatic carbocycles. The Kier molecular flexibility index (Phi) is 3.90. The van der Waals surface area contributed by atoms with Crippen molar-refractivity contribution in [2.75, 3.05) is 13.1 Å². The zero-order valence-electron chi connectivity index (χ0n) is 13.4. The number of aromatic nitrogens is 2. The van der Waals surface area contributed by atoms with Crippen LogP contribution in [0.1, 0.15) is 24.1 Å². The van der Waals surface area contributed by atoms with E-state index >= 15 is 0 Å². The summed E-state index contributed by atoms with van der Waals surface area (Å²) in [4.78, 5) is 7.88. The molecule has 1 saturated heterocycles. The van der Waals surface area contributed by atoms with Crippen LogP contribution in [-0.2, 0) is 5.41 Å². The van der Waals surface area contributed by atoms with Crippen molar-refractivity contribution in [3.63, 3.8) is 0 Å². The van der Waals surface area contributed by atoms with E-state index in [1.54, 1.807) is 12.1 Å². The van der Waals surface area contributed by atoms with E-state index in [0.29, 0.717) is 11.4 Å². The van der Waals surface area contributed by atoms with Crippen LogP contribution in [0.4, 0.5) is 4.39 Å². The van der Waals surface area contributed by atoms with Gasteiger partial charge in [0.05, 0.1) is 5.56 Å². The van der Waals surface area contributed by atoms with Gasteiger partial charge in [-0.15, -0.1) is 0 Å². The molecule has 0 radical (unpaired) electrons. The van der Waals surface area contributed by atoms with E-state index in [9.17, 15) is 4.39 Å². The molecule has 3 nitrogen and oxygen atoms in total. The highest BCUT2D eigenvalue weighted by atomic mass is 19.1. The molecule has 0 aliphatic carbocycles. The van der Waals surface area contributed by atoms with Gasteiger partial charge in [0.1, 0.15) is 11.6 Å². The third-order valence-corrected chi connectivity index (χ3v) is 5.00. The summed E-state index contributed by atoms with van der Waals surface area (Å²) in [5, 5.41) is 3.43. The second kappa shape index (κ2) is 6.21. The first-order chi connectivity index (χ1) is 11.8. The highest BCUT2D eigenvalue weighted by Crippen LogP contribution is 2.39. The molecule has 2 heterocycles. The molecule has 0 amide bonds. The lowest BCUT2D eigenvalue weighted by Gasteiger charge is -2.37. The summed E-state index contributed by atoms with van der Waals surface area (Å²) in [7, 11) is 0. The van der Waals surface area contributed by atoms with Gasteiger partial charge in [0, 0.05) is 17.3 Å². The van der Waals surface area contributed by atoms with Crippen LogP contribution in [0.3, 0.4) is 0 Å². The minimum absolute atomic E-state index is 0.0942. The first-order valence-electron chi connectivity index (χ1n) is 8.36. The van der Waals surface area contributed by atoms with Crippen LogP contribution in [0.5, 0.6) is 0 Å². The average molecular weight is 321 g/mol. The van der Waals surface area contributed by atoms with Crippen LogP contribution >= 0.6 is 0 Å². The first kappa shape index (κ1) is 15.1. The predicted octanol–water partition coefficient (Wildman–Crippen LogP) is 3.89. The Bertz CT molecular complexity index is 820. The number of piperidine rings is 1. The Morgan fingerprint density at radius 1 is 0.917 bits per heavy atom. The van der Waals surface area contributed by atoms with Crippen molar-refractivity contribution in [2.45, 2.75) is 18.3 Å². The Morgan fingerprint density at radius 3 is 2.38 bits per heavy atom. The van der Waals surface area contributed by atoms with Gasteiger partial charge < -0.3 is 10.3 Å². The van der Waals surface area contributed by atoms with Gasteiger partial charge in [0.2, 0.25) is 0 Å². The van der Waals surface area contributed by atoms with Crippen LogP contribution in [0, 0.1) is 5.82 Å². The molecule has 3 aromatic rings. The minimum Gasteiger partial charge on any atom is -0.341 e. The maximum Gasteiger partial charge on any atom is 0.140 e. The smallest absolute Gasteiger partial charge is 0.140 e. The lowest BCUT2D eigenvalue weighted by Crippen LogP contribution is -2.41. The summed E-state index contributed by atoms with van der Waals surface area (Å²) in [6, 6.07) is 17.3. The summed E-state index contributed by atoms with van der Waals surface area (Å²) in [5.74, 6) is 0.342. The lowest BCUT2D eigenvalue weighted by atomic mass is 9.71. The van der Waals surface area contributed by atoms with E-state index in [1.165, 1.54) is 11.6 Å². The van der Waals surface area contributed by atoms with Gasteiger partial charge >= 0.3 is 0 Å². The fourth-order valence-corrected chi connectivity index (χ4v) is 3.68. The van der Waals surface area contributed by atoms with Crippen LogP contribution in [-0.4, -0.2) is 23.1 Å². The number of hydrogen-bond acceptors (Lipinski definition) is 2. The Hall–Kier alpha value is -2.46. The molecule has 0 atom stereocenters. The third kappa shape index (κ3) is 2.53. The fourth-order valence-electron chi connectivity index (χ4n) is 3.68. The Morgan fingerprint density at radius 2 is 1.62 bits per heavy atom. The van der Waals surface area contributed by atoms with Crippen LogP contribution < -0.4 is 5.32 Å². The van der Waals surface area contributed by atoms with Gasteiger partial charge in [0.25, 0.3) is 0 Å². The molecular weight excluding hydrogens is 301 g/mol. The van der Waals surface area contributed by atoms with E-state index in [0.717, 1.165) is 31.6 Å². The highest BCUT2D eigenvalue weighted by Gasteiger charge is 2.37. The lowest BCUT2D eigenvalue weighted by molar-refractivity contribution is 0.355. The van der Waals surface area contributed by atoms with Crippen LogP contribution in [0.15, 0.2) is 60.8 Å². The monoisotopic (exact) mass is 321 g/mol. The predicted molar refractivity (Wildman–Crippen MR) is 93.3 cm³/mol. The summed E-state index contributed by atoms with van der Waals surface area (Å²) in [6.45, 7) is 1.92. The van der Waals surface area contributed by atoms with Gasteiger partial charge in [-0.1, -0.05) is 42.5 Å². The molecule has 1 aromatic heterocycles. The second-order valence-electron chi connectivity index (χ2n) is 6.32. The molecule has 0 spiro atoms. The van der Waals surface area contributed by atoms with Crippen molar-refractivity contribution in [2.24, 2.45) is 0 Å². The number of hydrogen-bond donors (Lipinski definition) is 2. The van der Waals surface area contributed by atoms with Crippen molar-refractivity contribution < 1.29 is 4.39 Å². The molecule has 0 unspecified atom stereocenters. The Balaban J connectivity index is 1.79. The quantitative estimate of drug-likeness (QED) is 0.768. The minimum atomic E-state index is -0.252. The van der Waals surface area contributed by atoms with Crippen molar-refractivity contribution in [1.29, 1.82) is 0 Å². The molecule has 0 saturated carbocycles. The number of aromatic amines is 1. The molecule has 0 bridgehead atoms. The topological polar surface area (TPSA) is 40.7 Å². The number of halogens is 1. The number of H-pyrrole nitrogens is 1. The summed E-state index contributed by atoms with van der Waals surface area (Å²) < 4.78 is 14.1. The number of nitrogens with one attached hydrogen (secondary N) is 2. The molecule has 24 heavy (non-hydrogen) atoms. The normalized spacial score (nSPS) is 16.9. The summed E-state index contributed by atoms with van der Waals surface area (Å²) in [5.41, 5.74) is 2.77. The second-order valence-corrected chi connectivity index (χ2v) is 6.32. The van der Waals surface area contributed by atoms with Gasteiger partial charge in [-0.2, -0.15) is 0 Å². The SMILES string of the molecule is Fc1ccccc1-c1ncc(C2(c3ccccc3)CCNCC2)[nH]1.